The minimum Gasteiger partial charge on any atom is -0.392 e. The van der Waals surface area contributed by atoms with Crippen LogP contribution in [-0.2, 0) is 0 Å². The van der Waals surface area contributed by atoms with Crippen molar-refractivity contribution in [3.05, 3.63) is 47.8 Å². The first-order chi connectivity index (χ1) is 11.0. The van der Waals surface area contributed by atoms with Crippen molar-refractivity contribution in [1.29, 1.82) is 0 Å². The lowest BCUT2D eigenvalue weighted by atomic mass is 10.1. The van der Waals surface area contributed by atoms with Gasteiger partial charge in [0.05, 0.1) is 6.10 Å². The van der Waals surface area contributed by atoms with Gasteiger partial charge >= 0.3 is 0 Å². The Kier molecular flexibility index (Phi) is 6.30. The predicted molar refractivity (Wildman–Crippen MR) is 88.9 cm³/mol. The molecule has 126 valence electrons. The molecule has 5 heteroatoms. The topological polar surface area (TPSA) is 43.8 Å². The first-order valence-corrected chi connectivity index (χ1v) is 8.08. The smallest absolute Gasteiger partial charge is 0.254 e. The summed E-state index contributed by atoms with van der Waals surface area (Å²) in [7, 11) is 0. The van der Waals surface area contributed by atoms with Crippen LogP contribution in [0, 0.1) is 12.7 Å². The standard InChI is InChI=1S/C18H25FN2O2/c1-3-4-5-16(22)13-20-8-10-21(11-9-20)18(23)15-7-6-14(2)17(19)12-15/h3,6-7,12,16,22H,1,4-5,8-11,13H2,2H3. The quantitative estimate of drug-likeness (QED) is 0.818. The number of nitrogens with zero attached hydrogens (tertiary/aromatic N) is 2. The van der Waals surface area contributed by atoms with Crippen LogP contribution < -0.4 is 0 Å². The maximum Gasteiger partial charge on any atom is 0.254 e. The number of allylic oxidation sites excluding steroid dienone is 1. The Labute approximate surface area is 137 Å². The molecule has 23 heavy (non-hydrogen) atoms. The summed E-state index contributed by atoms with van der Waals surface area (Å²) in [6.45, 7) is 8.61. The van der Waals surface area contributed by atoms with Crippen molar-refractivity contribution in [2.75, 3.05) is 32.7 Å². The first kappa shape index (κ1) is 17.6. The van der Waals surface area contributed by atoms with Crippen LogP contribution in [0.15, 0.2) is 30.9 Å². The Morgan fingerprint density at radius 3 is 2.70 bits per heavy atom. The Hall–Kier alpha value is -1.72. The number of aryl methyl sites for hydroxylation is 1. The highest BCUT2D eigenvalue weighted by Gasteiger charge is 2.23. The summed E-state index contributed by atoms with van der Waals surface area (Å²) in [6.07, 6.45) is 2.96. The maximum atomic E-state index is 13.6. The van der Waals surface area contributed by atoms with Gasteiger partial charge in [0, 0.05) is 38.3 Å². The zero-order valence-electron chi connectivity index (χ0n) is 13.7. The SMILES string of the molecule is C=CCCC(O)CN1CCN(C(=O)c2ccc(C)c(F)c2)CC1. The van der Waals surface area contributed by atoms with Crippen LogP contribution in [0.1, 0.15) is 28.8 Å². The number of amides is 1. The van der Waals surface area contributed by atoms with Crippen molar-refractivity contribution in [3.63, 3.8) is 0 Å². The lowest BCUT2D eigenvalue weighted by molar-refractivity contribution is 0.0517. The molecule has 4 nitrogen and oxygen atoms in total. The molecule has 0 aromatic heterocycles. The fraction of sp³-hybridized carbons (Fsp3) is 0.500. The molecule has 1 aliphatic rings. The number of hydrogen-bond donors (Lipinski definition) is 1. The van der Waals surface area contributed by atoms with E-state index in [1.165, 1.54) is 6.07 Å². The minimum atomic E-state index is -0.360. The van der Waals surface area contributed by atoms with Gasteiger partial charge in [-0.1, -0.05) is 12.1 Å². The third-order valence-electron chi connectivity index (χ3n) is 4.25. The summed E-state index contributed by atoms with van der Waals surface area (Å²) in [6, 6.07) is 4.62. The summed E-state index contributed by atoms with van der Waals surface area (Å²) < 4.78 is 13.6. The molecular weight excluding hydrogens is 295 g/mol. The summed E-state index contributed by atoms with van der Waals surface area (Å²) in [5, 5.41) is 9.93. The largest absolute Gasteiger partial charge is 0.392 e. The van der Waals surface area contributed by atoms with E-state index in [-0.39, 0.29) is 17.8 Å². The van der Waals surface area contributed by atoms with Crippen molar-refractivity contribution >= 4 is 5.91 Å². The van der Waals surface area contributed by atoms with E-state index in [2.05, 4.69) is 11.5 Å². The second-order valence-corrected chi connectivity index (χ2v) is 6.08. The van der Waals surface area contributed by atoms with Gasteiger partial charge in [-0.15, -0.1) is 6.58 Å². The van der Waals surface area contributed by atoms with Crippen molar-refractivity contribution in [2.45, 2.75) is 25.9 Å². The summed E-state index contributed by atoms with van der Waals surface area (Å²) in [4.78, 5) is 16.3. The number of aliphatic hydroxyl groups excluding tert-OH is 1. The van der Waals surface area contributed by atoms with E-state index in [1.807, 2.05) is 0 Å². The van der Waals surface area contributed by atoms with Crippen molar-refractivity contribution in [1.82, 2.24) is 9.80 Å². The summed E-state index contributed by atoms with van der Waals surface area (Å²) >= 11 is 0. The van der Waals surface area contributed by atoms with Crippen LogP contribution in [0.4, 0.5) is 4.39 Å². The van der Waals surface area contributed by atoms with Gasteiger partial charge in [-0.2, -0.15) is 0 Å². The van der Waals surface area contributed by atoms with Gasteiger partial charge in [0.25, 0.3) is 5.91 Å². The molecule has 1 amide bonds. The Bertz CT molecular complexity index is 554. The molecule has 2 rings (SSSR count). The molecule has 0 bridgehead atoms. The average molecular weight is 320 g/mol. The highest BCUT2D eigenvalue weighted by molar-refractivity contribution is 5.94. The van der Waals surface area contributed by atoms with E-state index in [0.29, 0.717) is 37.2 Å². The molecule has 1 aliphatic heterocycles. The van der Waals surface area contributed by atoms with Crippen molar-refractivity contribution in [2.24, 2.45) is 0 Å². The Morgan fingerprint density at radius 1 is 1.39 bits per heavy atom. The zero-order valence-corrected chi connectivity index (χ0v) is 13.7. The number of rotatable bonds is 6. The molecular formula is C18H25FN2O2. The second-order valence-electron chi connectivity index (χ2n) is 6.08. The molecule has 1 unspecified atom stereocenters. The molecule has 1 heterocycles. The normalized spacial score (nSPS) is 17.1. The fourth-order valence-electron chi connectivity index (χ4n) is 2.74. The number of hydrogen-bond acceptors (Lipinski definition) is 3. The van der Waals surface area contributed by atoms with E-state index in [0.717, 1.165) is 19.5 Å². The summed E-state index contributed by atoms with van der Waals surface area (Å²) in [5.41, 5.74) is 0.937. The minimum absolute atomic E-state index is 0.129. The van der Waals surface area contributed by atoms with E-state index >= 15 is 0 Å². The Balaban J connectivity index is 1.85. The zero-order chi connectivity index (χ0) is 16.8. The van der Waals surface area contributed by atoms with Crippen LogP contribution in [0.3, 0.4) is 0 Å². The highest BCUT2D eigenvalue weighted by atomic mass is 19.1. The van der Waals surface area contributed by atoms with Gasteiger partial charge in [-0.05, 0) is 37.5 Å². The van der Waals surface area contributed by atoms with E-state index < -0.39 is 0 Å². The van der Waals surface area contributed by atoms with E-state index in [9.17, 15) is 14.3 Å². The van der Waals surface area contributed by atoms with E-state index in [1.54, 1.807) is 30.0 Å². The molecule has 1 fully saturated rings. The monoisotopic (exact) mass is 320 g/mol. The van der Waals surface area contributed by atoms with Gasteiger partial charge in [-0.3, -0.25) is 9.69 Å². The van der Waals surface area contributed by atoms with Gasteiger partial charge in [0.1, 0.15) is 5.82 Å². The van der Waals surface area contributed by atoms with Crippen molar-refractivity contribution < 1.29 is 14.3 Å². The third-order valence-corrected chi connectivity index (χ3v) is 4.25. The molecule has 1 atom stereocenters. The lowest BCUT2D eigenvalue weighted by Crippen LogP contribution is -2.50. The fourth-order valence-corrected chi connectivity index (χ4v) is 2.74. The maximum absolute atomic E-state index is 13.6. The average Bonchev–Trinajstić information content (AvgIpc) is 2.55. The number of piperazine rings is 1. The van der Waals surface area contributed by atoms with Gasteiger partial charge in [-0.25, -0.2) is 4.39 Å². The van der Waals surface area contributed by atoms with Crippen molar-refractivity contribution in [3.8, 4) is 0 Å². The van der Waals surface area contributed by atoms with Gasteiger partial charge in [0.15, 0.2) is 0 Å². The van der Waals surface area contributed by atoms with Crippen LogP contribution in [0.5, 0.6) is 0 Å². The van der Waals surface area contributed by atoms with Crippen LogP contribution in [0.2, 0.25) is 0 Å². The third kappa shape index (κ3) is 4.88. The summed E-state index contributed by atoms with van der Waals surface area (Å²) in [5.74, 6) is -0.476. The van der Waals surface area contributed by atoms with Gasteiger partial charge in [0.2, 0.25) is 0 Å². The number of carbonyl (C=O) groups excluding carboxylic acids is 1. The van der Waals surface area contributed by atoms with Gasteiger partial charge < -0.3 is 10.0 Å². The number of benzene rings is 1. The molecule has 1 N–H and O–H groups in total. The van der Waals surface area contributed by atoms with E-state index in [4.69, 9.17) is 0 Å². The molecule has 1 aromatic carbocycles. The predicted octanol–water partition coefficient (Wildman–Crippen LogP) is 2.22. The number of β-amino-alcohol motifs (C(OH)–C–C–N with tert-alkyl or cyclic N) is 1. The molecule has 0 saturated carbocycles. The highest BCUT2D eigenvalue weighted by Crippen LogP contribution is 2.13. The van der Waals surface area contributed by atoms with Crippen LogP contribution in [0.25, 0.3) is 0 Å². The number of aliphatic hydroxyl groups is 1. The molecule has 0 spiro atoms. The molecule has 1 aromatic rings. The Morgan fingerprint density at radius 2 is 2.09 bits per heavy atom. The molecule has 0 radical (unpaired) electrons. The number of carbonyl (C=O) groups is 1. The second kappa shape index (κ2) is 8.22. The first-order valence-electron chi connectivity index (χ1n) is 8.08. The number of halogens is 1. The molecule has 1 saturated heterocycles. The van der Waals surface area contributed by atoms with Crippen LogP contribution in [-0.4, -0.2) is 59.6 Å². The molecule has 0 aliphatic carbocycles. The lowest BCUT2D eigenvalue weighted by Gasteiger charge is -2.35. The van der Waals surface area contributed by atoms with Crippen LogP contribution >= 0.6 is 0 Å².